The zero-order chi connectivity index (χ0) is 30.0. The Morgan fingerprint density at radius 1 is 0.591 bits per heavy atom. The summed E-state index contributed by atoms with van der Waals surface area (Å²) in [5.74, 6) is 0.215. The van der Waals surface area contributed by atoms with Crippen LogP contribution in [0, 0.1) is 0 Å². The molecule has 0 saturated carbocycles. The molecule has 0 unspecified atom stereocenters. The van der Waals surface area contributed by atoms with Crippen molar-refractivity contribution < 1.29 is 5.11 Å². The van der Waals surface area contributed by atoms with Gasteiger partial charge in [0.05, 0.1) is 17.1 Å². The average molecular weight is 698 g/mol. The molecule has 0 spiro atoms. The van der Waals surface area contributed by atoms with Gasteiger partial charge in [-0.15, -0.1) is 0 Å². The van der Waals surface area contributed by atoms with Gasteiger partial charge in [-0.2, -0.15) is 0 Å². The van der Waals surface area contributed by atoms with E-state index in [2.05, 4.69) is 134 Å². The zero-order valence-corrected chi connectivity index (χ0v) is 26.7. The standard InChI is InChI=1S/C39H26Br2N2O/c40-30-17-11-27(12-18-30)35-23-33(25-7-3-1-4-8-25)38(42-35)37(29-15-21-32(44)22-16-29)39-34(26-9-5-2-6-10-26)24-36(43-39)28-13-19-31(41)20-14-28/h1-24,42,44H/b39-37-. The van der Waals surface area contributed by atoms with Crippen molar-refractivity contribution in [1.82, 2.24) is 4.98 Å². The van der Waals surface area contributed by atoms with Crippen LogP contribution < -0.4 is 0 Å². The van der Waals surface area contributed by atoms with Crippen molar-refractivity contribution >= 4 is 48.7 Å². The number of aromatic amines is 1. The van der Waals surface area contributed by atoms with E-state index < -0.39 is 0 Å². The molecule has 2 heterocycles. The number of benzene rings is 5. The second kappa shape index (κ2) is 12.1. The number of H-pyrrole nitrogens is 1. The summed E-state index contributed by atoms with van der Waals surface area (Å²) in [5.41, 5.74) is 12.0. The number of nitrogens with zero attached hydrogens (tertiary/aromatic N) is 1. The second-order valence-electron chi connectivity index (χ2n) is 10.5. The average Bonchev–Trinajstić information content (AvgIpc) is 3.70. The highest BCUT2D eigenvalue weighted by Gasteiger charge is 2.26. The van der Waals surface area contributed by atoms with Crippen LogP contribution in [0.25, 0.3) is 33.5 Å². The summed E-state index contributed by atoms with van der Waals surface area (Å²) >= 11 is 7.14. The number of phenols is 1. The van der Waals surface area contributed by atoms with E-state index in [-0.39, 0.29) is 5.75 Å². The molecule has 0 saturated heterocycles. The lowest BCUT2D eigenvalue weighted by Crippen LogP contribution is -1.98. The largest absolute Gasteiger partial charge is 0.508 e. The fourth-order valence-electron chi connectivity index (χ4n) is 5.52. The molecule has 1 aliphatic rings. The van der Waals surface area contributed by atoms with Crippen LogP contribution in [0.15, 0.2) is 165 Å². The lowest BCUT2D eigenvalue weighted by Gasteiger charge is -2.15. The maximum atomic E-state index is 10.3. The summed E-state index contributed by atoms with van der Waals surface area (Å²) in [4.78, 5) is 9.15. The highest BCUT2D eigenvalue weighted by molar-refractivity contribution is 9.10. The molecule has 0 amide bonds. The molecule has 44 heavy (non-hydrogen) atoms. The lowest BCUT2D eigenvalue weighted by molar-refractivity contribution is 0.475. The molecule has 0 bridgehead atoms. The fourth-order valence-corrected chi connectivity index (χ4v) is 6.05. The topological polar surface area (TPSA) is 48.4 Å². The van der Waals surface area contributed by atoms with E-state index in [1.165, 1.54) is 0 Å². The minimum Gasteiger partial charge on any atom is -0.508 e. The lowest BCUT2D eigenvalue weighted by atomic mass is 9.91. The van der Waals surface area contributed by atoms with Gasteiger partial charge in [0.2, 0.25) is 0 Å². The van der Waals surface area contributed by atoms with Crippen molar-refractivity contribution in [3.8, 4) is 28.1 Å². The number of aliphatic imine (C=N–C) groups is 1. The van der Waals surface area contributed by atoms with Crippen molar-refractivity contribution in [2.24, 2.45) is 4.99 Å². The van der Waals surface area contributed by atoms with E-state index in [1.54, 1.807) is 12.1 Å². The van der Waals surface area contributed by atoms with E-state index in [4.69, 9.17) is 4.99 Å². The number of phenolic OH excluding ortho intramolecular Hbond substituents is 1. The number of hydrogen-bond acceptors (Lipinski definition) is 2. The van der Waals surface area contributed by atoms with E-state index in [0.717, 1.165) is 76.3 Å². The van der Waals surface area contributed by atoms with Gasteiger partial charge in [-0.05, 0) is 70.8 Å². The molecule has 212 valence electrons. The monoisotopic (exact) mass is 696 g/mol. The Morgan fingerprint density at radius 3 is 1.77 bits per heavy atom. The van der Waals surface area contributed by atoms with E-state index in [1.807, 2.05) is 36.4 Å². The van der Waals surface area contributed by atoms with E-state index in [9.17, 15) is 5.11 Å². The Kier molecular flexibility index (Phi) is 7.73. The third kappa shape index (κ3) is 5.64. The van der Waals surface area contributed by atoms with Gasteiger partial charge >= 0.3 is 0 Å². The Hall–Kier alpha value is -4.71. The van der Waals surface area contributed by atoms with Gasteiger partial charge in [-0.25, -0.2) is 4.99 Å². The number of halogens is 2. The number of hydrogen-bond donors (Lipinski definition) is 2. The summed E-state index contributed by atoms with van der Waals surface area (Å²) < 4.78 is 2.05. The van der Waals surface area contributed by atoms with Crippen molar-refractivity contribution in [3.63, 3.8) is 0 Å². The van der Waals surface area contributed by atoms with E-state index in [0.29, 0.717) is 0 Å². The first-order chi connectivity index (χ1) is 21.5. The first-order valence-electron chi connectivity index (χ1n) is 14.2. The molecular weight excluding hydrogens is 672 g/mol. The molecule has 3 nitrogen and oxygen atoms in total. The molecule has 1 aliphatic heterocycles. The summed E-state index contributed by atoms with van der Waals surface area (Å²) in [5, 5.41) is 10.3. The second-order valence-corrected chi connectivity index (χ2v) is 12.4. The third-order valence-electron chi connectivity index (χ3n) is 7.69. The molecule has 5 heteroatoms. The van der Waals surface area contributed by atoms with E-state index >= 15 is 0 Å². The van der Waals surface area contributed by atoms with Crippen molar-refractivity contribution in [3.05, 3.63) is 183 Å². The van der Waals surface area contributed by atoms with Gasteiger partial charge in [0.25, 0.3) is 0 Å². The third-order valence-corrected chi connectivity index (χ3v) is 8.75. The molecule has 0 atom stereocenters. The summed E-state index contributed by atoms with van der Waals surface area (Å²) in [6.45, 7) is 0. The van der Waals surface area contributed by atoms with Gasteiger partial charge in [-0.1, -0.05) is 129 Å². The Bertz CT molecular complexity index is 2040. The molecule has 1 aromatic heterocycles. The number of aromatic hydroxyl groups is 1. The Labute approximate surface area is 273 Å². The van der Waals surface area contributed by atoms with Crippen molar-refractivity contribution in [2.45, 2.75) is 0 Å². The minimum atomic E-state index is 0.215. The van der Waals surface area contributed by atoms with Gasteiger partial charge in [0.1, 0.15) is 5.75 Å². The zero-order valence-electron chi connectivity index (χ0n) is 23.5. The van der Waals surface area contributed by atoms with Crippen LogP contribution in [-0.4, -0.2) is 15.8 Å². The minimum absolute atomic E-state index is 0.215. The highest BCUT2D eigenvalue weighted by Crippen LogP contribution is 2.43. The number of aromatic nitrogens is 1. The molecule has 7 rings (SSSR count). The van der Waals surface area contributed by atoms with Crippen LogP contribution >= 0.6 is 31.9 Å². The fraction of sp³-hybridized carbons (Fsp3) is 0. The van der Waals surface area contributed by atoms with Crippen LogP contribution in [0.5, 0.6) is 5.75 Å². The molecule has 0 fully saturated rings. The molecule has 6 aromatic rings. The molecular formula is C39H26Br2N2O. The smallest absolute Gasteiger partial charge is 0.115 e. The Morgan fingerprint density at radius 2 is 1.16 bits per heavy atom. The predicted octanol–water partition coefficient (Wildman–Crippen LogP) is 10.9. The maximum Gasteiger partial charge on any atom is 0.115 e. The van der Waals surface area contributed by atoms with Crippen LogP contribution in [0.3, 0.4) is 0 Å². The highest BCUT2D eigenvalue weighted by atomic mass is 79.9. The van der Waals surface area contributed by atoms with Gasteiger partial charge in [0, 0.05) is 36.9 Å². The summed E-state index contributed by atoms with van der Waals surface area (Å²) in [6, 6.07) is 47.0. The quantitative estimate of drug-likeness (QED) is 0.179. The van der Waals surface area contributed by atoms with Crippen molar-refractivity contribution in [1.29, 1.82) is 0 Å². The first-order valence-corrected chi connectivity index (χ1v) is 15.8. The summed E-state index contributed by atoms with van der Waals surface area (Å²) in [6.07, 6.45) is 2.18. The number of allylic oxidation sites excluding steroid dienone is 2. The van der Waals surface area contributed by atoms with Gasteiger partial charge in [-0.3, -0.25) is 0 Å². The summed E-state index contributed by atoms with van der Waals surface area (Å²) in [7, 11) is 0. The number of nitrogens with one attached hydrogen (secondary N) is 1. The molecule has 5 aromatic carbocycles. The maximum absolute atomic E-state index is 10.3. The van der Waals surface area contributed by atoms with Gasteiger partial charge in [0.15, 0.2) is 0 Å². The van der Waals surface area contributed by atoms with Crippen LogP contribution in [0.4, 0.5) is 0 Å². The van der Waals surface area contributed by atoms with Crippen LogP contribution in [0.2, 0.25) is 0 Å². The molecule has 2 N–H and O–H groups in total. The normalized spacial score (nSPS) is 13.9. The van der Waals surface area contributed by atoms with Crippen molar-refractivity contribution in [2.75, 3.05) is 0 Å². The Balaban J connectivity index is 1.55. The predicted molar refractivity (Wildman–Crippen MR) is 189 cm³/mol. The van der Waals surface area contributed by atoms with Gasteiger partial charge < -0.3 is 10.1 Å². The molecule has 0 radical (unpaired) electrons. The first kappa shape index (κ1) is 28.1. The SMILES string of the molecule is Oc1ccc(/C(=C2/N=C(c3ccc(Br)cc3)C=C2c2ccccc2)c2[nH]c(-c3ccc(Br)cc3)cc2-c2ccccc2)cc1. The number of rotatable bonds is 6. The molecule has 0 aliphatic carbocycles. The van der Waals surface area contributed by atoms with Crippen LogP contribution in [-0.2, 0) is 0 Å². The van der Waals surface area contributed by atoms with Crippen LogP contribution in [0.1, 0.15) is 22.4 Å².